The maximum absolute atomic E-state index is 14.0. The highest BCUT2D eigenvalue weighted by atomic mass is 19.1. The largest absolute Gasteiger partial charge is 0.380 e. The maximum atomic E-state index is 14.0. The maximum Gasteiger partial charge on any atom is 0.255 e. The lowest BCUT2D eigenvalue weighted by Gasteiger charge is -2.62. The van der Waals surface area contributed by atoms with E-state index in [2.05, 4.69) is 20.9 Å². The summed E-state index contributed by atoms with van der Waals surface area (Å²) < 4.78 is 14.0. The second-order valence-corrected chi connectivity index (χ2v) is 9.74. The van der Waals surface area contributed by atoms with Crippen LogP contribution in [0.5, 0.6) is 0 Å². The Balaban J connectivity index is 1.13. The first kappa shape index (κ1) is 20.2. The zero-order chi connectivity index (χ0) is 22.4. The van der Waals surface area contributed by atoms with E-state index in [0.717, 1.165) is 39.9 Å². The number of aryl methyl sites for hydroxylation is 1. The van der Waals surface area contributed by atoms with Gasteiger partial charge in [-0.3, -0.25) is 9.78 Å². The molecule has 0 radical (unpaired) electrons. The molecule has 4 aliphatic carbocycles. The lowest BCUT2D eigenvalue weighted by molar-refractivity contribution is 0.00214. The van der Waals surface area contributed by atoms with Gasteiger partial charge in [0.05, 0.1) is 0 Å². The van der Waals surface area contributed by atoms with Crippen molar-refractivity contribution in [2.75, 3.05) is 16.0 Å². The molecular weight excluding hydrogens is 415 g/mol. The molecule has 6 heteroatoms. The van der Waals surface area contributed by atoms with Crippen molar-refractivity contribution in [2.45, 2.75) is 50.2 Å². The number of benzene rings is 2. The summed E-state index contributed by atoms with van der Waals surface area (Å²) in [6, 6.07) is 17.2. The average Bonchev–Trinajstić information content (AvgIpc) is 2.77. The van der Waals surface area contributed by atoms with Gasteiger partial charge in [-0.05, 0) is 92.1 Å². The highest BCUT2D eigenvalue weighted by Crippen LogP contribution is 2.58. The number of nitrogens with zero attached hydrogens (tertiary/aromatic N) is 1. The molecule has 1 heterocycles. The van der Waals surface area contributed by atoms with Crippen molar-refractivity contribution in [3.05, 3.63) is 77.6 Å². The highest BCUT2D eigenvalue weighted by Gasteiger charge is 2.56. The molecule has 2 bridgehead atoms. The number of alkyl halides is 1. The van der Waals surface area contributed by atoms with Gasteiger partial charge >= 0.3 is 0 Å². The smallest absolute Gasteiger partial charge is 0.255 e. The molecule has 7 rings (SSSR count). The molecule has 0 saturated heterocycles. The van der Waals surface area contributed by atoms with Gasteiger partial charge in [-0.25, -0.2) is 4.39 Å². The third-order valence-electron chi connectivity index (χ3n) is 7.26. The van der Waals surface area contributed by atoms with Crippen molar-refractivity contribution < 1.29 is 9.18 Å². The van der Waals surface area contributed by atoms with E-state index >= 15 is 0 Å². The van der Waals surface area contributed by atoms with Crippen molar-refractivity contribution in [3.63, 3.8) is 0 Å². The fourth-order valence-corrected chi connectivity index (χ4v) is 5.38. The van der Waals surface area contributed by atoms with E-state index in [4.69, 9.17) is 0 Å². The van der Waals surface area contributed by atoms with Crippen LogP contribution < -0.4 is 16.0 Å². The first-order valence-electron chi connectivity index (χ1n) is 11.7. The first-order valence-corrected chi connectivity index (χ1v) is 11.7. The molecule has 2 aromatic carbocycles. The lowest BCUT2D eigenvalue weighted by Crippen LogP contribution is -2.63. The molecule has 0 spiro atoms. The zero-order valence-electron chi connectivity index (χ0n) is 18.4. The van der Waals surface area contributed by atoms with E-state index in [1.54, 1.807) is 12.3 Å². The van der Waals surface area contributed by atoms with Crippen molar-refractivity contribution in [3.8, 4) is 0 Å². The van der Waals surface area contributed by atoms with Gasteiger partial charge in [0.1, 0.15) is 6.17 Å². The van der Waals surface area contributed by atoms with Crippen molar-refractivity contribution in [1.29, 1.82) is 0 Å². The molecule has 33 heavy (non-hydrogen) atoms. The number of aromatic nitrogens is 1. The fraction of sp³-hybridized carbons (Fsp3) is 0.333. The van der Waals surface area contributed by atoms with Gasteiger partial charge in [-0.2, -0.15) is 0 Å². The van der Waals surface area contributed by atoms with Gasteiger partial charge in [0.15, 0.2) is 0 Å². The summed E-state index contributed by atoms with van der Waals surface area (Å²) in [5.41, 5.74) is 6.28. The number of rotatable bonds is 6. The molecule has 1 unspecified atom stereocenters. The highest BCUT2D eigenvalue weighted by molar-refractivity contribution is 6.05. The van der Waals surface area contributed by atoms with Crippen LogP contribution in [0.2, 0.25) is 0 Å². The number of hydrogen-bond donors (Lipinski definition) is 3. The Hall–Kier alpha value is -3.41. The molecule has 3 N–H and O–H groups in total. The minimum absolute atomic E-state index is 0.167. The predicted octanol–water partition coefficient (Wildman–Crippen LogP) is 5.87. The topological polar surface area (TPSA) is 66.1 Å². The van der Waals surface area contributed by atoms with Crippen LogP contribution in [0.4, 0.5) is 27.1 Å². The lowest BCUT2D eigenvalue weighted by atomic mass is 9.50. The second-order valence-electron chi connectivity index (χ2n) is 9.74. The van der Waals surface area contributed by atoms with E-state index in [1.807, 2.05) is 48.5 Å². The molecule has 3 fully saturated rings. The van der Waals surface area contributed by atoms with Crippen LogP contribution in [0.15, 0.2) is 60.8 Å². The van der Waals surface area contributed by atoms with Crippen LogP contribution in [0.1, 0.15) is 47.3 Å². The standard InChI is InChI=1S/C27H27FN4O/c28-19-4-9-24-23(13-19)25(10-11-29-24)30-22-3-1-2-18(12-22)26(33)31-20-5-7-21(8-6-20)32-27-14-17(15-27)16-27/h1-3,5-8,10-12,17,19,32H,4,9,13-16H2,(H,29,30)(H,31,33). The minimum Gasteiger partial charge on any atom is -0.380 e. The molecule has 3 saturated carbocycles. The molecule has 1 amide bonds. The number of fused-ring (bicyclic) bond motifs is 1. The van der Waals surface area contributed by atoms with Gasteiger partial charge < -0.3 is 16.0 Å². The summed E-state index contributed by atoms with van der Waals surface area (Å²) in [5.74, 6) is 0.769. The summed E-state index contributed by atoms with van der Waals surface area (Å²) in [6.07, 6.45) is 6.33. The number of carbonyl (C=O) groups excluding carboxylic acids is 1. The Kier molecular flexibility index (Phi) is 4.82. The van der Waals surface area contributed by atoms with E-state index < -0.39 is 6.17 Å². The van der Waals surface area contributed by atoms with E-state index in [1.165, 1.54) is 19.3 Å². The van der Waals surface area contributed by atoms with E-state index in [-0.39, 0.29) is 5.91 Å². The Morgan fingerprint density at radius 1 is 1.00 bits per heavy atom. The van der Waals surface area contributed by atoms with Gasteiger partial charge in [-0.1, -0.05) is 6.07 Å². The molecule has 5 nitrogen and oxygen atoms in total. The molecule has 1 aromatic heterocycles. The fourth-order valence-electron chi connectivity index (χ4n) is 5.38. The summed E-state index contributed by atoms with van der Waals surface area (Å²) in [7, 11) is 0. The van der Waals surface area contributed by atoms with Gasteiger partial charge in [0.25, 0.3) is 5.91 Å². The van der Waals surface area contributed by atoms with Crippen LogP contribution in [0.25, 0.3) is 0 Å². The SMILES string of the molecule is O=C(Nc1ccc(NC23CC(C2)C3)cc1)c1cccc(Nc2ccnc3c2CC(F)CC3)c1. The van der Waals surface area contributed by atoms with Gasteiger partial charge in [-0.15, -0.1) is 0 Å². The van der Waals surface area contributed by atoms with E-state index in [0.29, 0.717) is 30.4 Å². The quantitative estimate of drug-likeness (QED) is 0.447. The number of nitrogens with one attached hydrogen (secondary N) is 3. The zero-order valence-corrected chi connectivity index (χ0v) is 18.4. The third-order valence-corrected chi connectivity index (χ3v) is 7.26. The van der Waals surface area contributed by atoms with Crippen LogP contribution in [-0.4, -0.2) is 22.6 Å². The van der Waals surface area contributed by atoms with Crippen molar-refractivity contribution in [1.82, 2.24) is 4.98 Å². The van der Waals surface area contributed by atoms with Crippen molar-refractivity contribution in [2.24, 2.45) is 5.92 Å². The number of amides is 1. The molecule has 4 aliphatic rings. The average molecular weight is 443 g/mol. The van der Waals surface area contributed by atoms with E-state index in [9.17, 15) is 9.18 Å². The number of halogens is 1. The third kappa shape index (κ3) is 3.94. The number of hydrogen-bond acceptors (Lipinski definition) is 4. The Labute approximate surface area is 192 Å². The summed E-state index contributed by atoms with van der Waals surface area (Å²) in [4.78, 5) is 17.3. The molecule has 168 valence electrons. The first-order chi connectivity index (χ1) is 16.1. The normalized spacial score (nSPS) is 24.6. The van der Waals surface area contributed by atoms with Gasteiger partial charge in [0, 0.05) is 52.2 Å². The minimum atomic E-state index is -0.833. The van der Waals surface area contributed by atoms with Crippen molar-refractivity contribution >= 4 is 28.7 Å². The summed E-state index contributed by atoms with van der Waals surface area (Å²) >= 11 is 0. The monoisotopic (exact) mass is 442 g/mol. The van der Waals surface area contributed by atoms with Crippen LogP contribution >= 0.6 is 0 Å². The van der Waals surface area contributed by atoms with Crippen LogP contribution in [0.3, 0.4) is 0 Å². The molecule has 3 aromatic rings. The Bertz CT molecular complexity index is 1190. The number of anilines is 4. The van der Waals surface area contributed by atoms with Crippen LogP contribution in [0, 0.1) is 5.92 Å². The molecule has 0 aliphatic heterocycles. The Morgan fingerprint density at radius 3 is 2.55 bits per heavy atom. The number of carbonyl (C=O) groups is 1. The Morgan fingerprint density at radius 2 is 1.79 bits per heavy atom. The van der Waals surface area contributed by atoms with Gasteiger partial charge in [0.2, 0.25) is 0 Å². The second kappa shape index (κ2) is 7.87. The summed E-state index contributed by atoms with van der Waals surface area (Å²) in [6.45, 7) is 0. The summed E-state index contributed by atoms with van der Waals surface area (Å²) in [5, 5.41) is 9.98. The van der Waals surface area contributed by atoms with Crippen LogP contribution in [-0.2, 0) is 12.8 Å². The molecular formula is C27H27FN4O. The molecule has 1 atom stereocenters. The predicted molar refractivity (Wildman–Crippen MR) is 129 cm³/mol. The number of pyridine rings is 1.